The van der Waals surface area contributed by atoms with E-state index in [2.05, 4.69) is 16.0 Å². The van der Waals surface area contributed by atoms with E-state index < -0.39 is 17.9 Å². The number of nitrogens with one attached hydrogen (secondary N) is 3. The Labute approximate surface area is 107 Å². The van der Waals surface area contributed by atoms with E-state index in [1.807, 2.05) is 6.92 Å². The van der Waals surface area contributed by atoms with Crippen molar-refractivity contribution in [1.82, 2.24) is 16.0 Å². The Kier molecular flexibility index (Phi) is 8.55. The summed E-state index contributed by atoms with van der Waals surface area (Å²) in [5.41, 5.74) is 5.18. The van der Waals surface area contributed by atoms with Gasteiger partial charge in [0.2, 0.25) is 17.7 Å². The summed E-state index contributed by atoms with van der Waals surface area (Å²) in [4.78, 5) is 33.7. The summed E-state index contributed by atoms with van der Waals surface area (Å²) in [6.07, 6.45) is 2.24. The highest BCUT2D eigenvalue weighted by Gasteiger charge is 2.17. The SMILES string of the molecule is CCCCC(NC(=O)CNC(=O)CNC)C(N)=O. The number of likely N-dealkylation sites (N-methyl/N-ethyl adjacent to an activating group) is 1. The molecule has 0 aromatic heterocycles. The maximum absolute atomic E-state index is 11.5. The standard InChI is InChI=1S/C11H22N4O3/c1-3-4-5-8(11(12)18)15-10(17)7-14-9(16)6-13-2/h8,13H,3-7H2,1-2H3,(H2,12,18)(H,14,16)(H,15,17). The van der Waals surface area contributed by atoms with E-state index in [9.17, 15) is 14.4 Å². The smallest absolute Gasteiger partial charge is 0.240 e. The Morgan fingerprint density at radius 3 is 2.33 bits per heavy atom. The molecule has 0 aliphatic heterocycles. The van der Waals surface area contributed by atoms with Crippen molar-refractivity contribution in [2.75, 3.05) is 20.1 Å². The molecule has 0 aliphatic carbocycles. The number of rotatable bonds is 9. The first-order chi connectivity index (χ1) is 8.51. The van der Waals surface area contributed by atoms with Gasteiger partial charge in [-0.3, -0.25) is 14.4 Å². The van der Waals surface area contributed by atoms with Crippen molar-refractivity contribution in [2.24, 2.45) is 5.73 Å². The minimum Gasteiger partial charge on any atom is -0.368 e. The molecule has 0 spiro atoms. The van der Waals surface area contributed by atoms with Gasteiger partial charge in [0.05, 0.1) is 13.1 Å². The van der Waals surface area contributed by atoms with Gasteiger partial charge in [-0.1, -0.05) is 19.8 Å². The lowest BCUT2D eigenvalue weighted by Gasteiger charge is -2.15. The molecule has 3 amide bonds. The van der Waals surface area contributed by atoms with Crippen LogP contribution in [-0.2, 0) is 14.4 Å². The third-order valence-corrected chi connectivity index (χ3v) is 2.31. The average molecular weight is 258 g/mol. The van der Waals surface area contributed by atoms with Crippen molar-refractivity contribution in [3.8, 4) is 0 Å². The molecular weight excluding hydrogens is 236 g/mol. The first-order valence-corrected chi connectivity index (χ1v) is 6.01. The monoisotopic (exact) mass is 258 g/mol. The van der Waals surface area contributed by atoms with Crippen LogP contribution in [-0.4, -0.2) is 43.9 Å². The molecule has 0 aromatic rings. The van der Waals surface area contributed by atoms with Gasteiger partial charge in [0.15, 0.2) is 0 Å². The molecule has 0 fully saturated rings. The van der Waals surface area contributed by atoms with E-state index in [1.54, 1.807) is 7.05 Å². The van der Waals surface area contributed by atoms with Crippen LogP contribution in [0, 0.1) is 0 Å². The van der Waals surface area contributed by atoms with Crippen LogP contribution in [0.2, 0.25) is 0 Å². The zero-order valence-corrected chi connectivity index (χ0v) is 10.9. The predicted molar refractivity (Wildman–Crippen MR) is 67.6 cm³/mol. The zero-order chi connectivity index (χ0) is 14.0. The third kappa shape index (κ3) is 7.61. The largest absolute Gasteiger partial charge is 0.368 e. The second-order valence-electron chi connectivity index (χ2n) is 3.97. The van der Waals surface area contributed by atoms with Crippen molar-refractivity contribution in [3.05, 3.63) is 0 Å². The Bertz CT molecular complexity index is 294. The summed E-state index contributed by atoms with van der Waals surface area (Å²) >= 11 is 0. The lowest BCUT2D eigenvalue weighted by molar-refractivity contribution is -0.128. The van der Waals surface area contributed by atoms with E-state index in [1.165, 1.54) is 0 Å². The number of primary amides is 1. The van der Waals surface area contributed by atoms with Crippen LogP contribution in [0.25, 0.3) is 0 Å². The molecule has 1 atom stereocenters. The minimum atomic E-state index is -0.668. The molecule has 0 heterocycles. The highest BCUT2D eigenvalue weighted by atomic mass is 16.2. The highest BCUT2D eigenvalue weighted by Crippen LogP contribution is 1.99. The van der Waals surface area contributed by atoms with Crippen LogP contribution in [0.5, 0.6) is 0 Å². The molecular formula is C11H22N4O3. The molecule has 7 nitrogen and oxygen atoms in total. The van der Waals surface area contributed by atoms with E-state index in [0.29, 0.717) is 6.42 Å². The van der Waals surface area contributed by atoms with Gasteiger partial charge >= 0.3 is 0 Å². The number of nitrogens with two attached hydrogens (primary N) is 1. The van der Waals surface area contributed by atoms with Crippen molar-refractivity contribution >= 4 is 17.7 Å². The number of unbranched alkanes of at least 4 members (excludes halogenated alkanes) is 1. The molecule has 104 valence electrons. The fourth-order valence-corrected chi connectivity index (χ4v) is 1.34. The van der Waals surface area contributed by atoms with Crippen LogP contribution in [0.3, 0.4) is 0 Å². The summed E-state index contributed by atoms with van der Waals surface area (Å²) in [7, 11) is 1.63. The fraction of sp³-hybridized carbons (Fsp3) is 0.727. The maximum atomic E-state index is 11.5. The first kappa shape index (κ1) is 16.4. The normalized spacial score (nSPS) is 11.7. The number of hydrogen-bond donors (Lipinski definition) is 4. The van der Waals surface area contributed by atoms with Crippen LogP contribution in [0.1, 0.15) is 26.2 Å². The fourth-order valence-electron chi connectivity index (χ4n) is 1.34. The molecule has 0 saturated heterocycles. The quantitative estimate of drug-likeness (QED) is 0.402. The molecule has 18 heavy (non-hydrogen) atoms. The Hall–Kier alpha value is -1.63. The summed E-state index contributed by atoms with van der Waals surface area (Å²) in [6, 6.07) is -0.668. The minimum absolute atomic E-state index is 0.141. The molecule has 0 saturated carbocycles. The topological polar surface area (TPSA) is 113 Å². The van der Waals surface area contributed by atoms with Crippen LogP contribution < -0.4 is 21.7 Å². The summed E-state index contributed by atoms with van der Waals surface area (Å²) in [5.74, 6) is -1.26. The number of carbonyl (C=O) groups excluding carboxylic acids is 3. The number of hydrogen-bond acceptors (Lipinski definition) is 4. The predicted octanol–water partition coefficient (Wildman–Crippen LogP) is -1.52. The van der Waals surface area contributed by atoms with Gasteiger partial charge in [0, 0.05) is 0 Å². The van der Waals surface area contributed by atoms with Crippen molar-refractivity contribution in [1.29, 1.82) is 0 Å². The van der Waals surface area contributed by atoms with Crippen molar-refractivity contribution in [2.45, 2.75) is 32.2 Å². The van der Waals surface area contributed by atoms with Crippen LogP contribution >= 0.6 is 0 Å². The molecule has 0 aliphatic rings. The second-order valence-corrected chi connectivity index (χ2v) is 3.97. The van der Waals surface area contributed by atoms with Gasteiger partial charge in [0.1, 0.15) is 6.04 Å². The van der Waals surface area contributed by atoms with E-state index >= 15 is 0 Å². The molecule has 7 heteroatoms. The van der Waals surface area contributed by atoms with Gasteiger partial charge in [-0.15, -0.1) is 0 Å². The third-order valence-electron chi connectivity index (χ3n) is 2.31. The number of amides is 3. The first-order valence-electron chi connectivity index (χ1n) is 6.01. The summed E-state index contributed by atoms with van der Waals surface area (Å²) in [5, 5.41) is 7.58. The Morgan fingerprint density at radius 1 is 1.17 bits per heavy atom. The summed E-state index contributed by atoms with van der Waals surface area (Å²) < 4.78 is 0. The lowest BCUT2D eigenvalue weighted by atomic mass is 10.1. The van der Waals surface area contributed by atoms with Crippen molar-refractivity contribution in [3.63, 3.8) is 0 Å². The number of carbonyl (C=O) groups is 3. The average Bonchev–Trinajstić information content (AvgIpc) is 2.32. The Balaban J connectivity index is 4.02. The molecule has 1 unspecified atom stereocenters. The molecule has 0 rings (SSSR count). The summed E-state index contributed by atoms with van der Waals surface area (Å²) in [6.45, 7) is 1.97. The Morgan fingerprint density at radius 2 is 1.83 bits per heavy atom. The lowest BCUT2D eigenvalue weighted by Crippen LogP contribution is -2.48. The molecule has 0 bridgehead atoms. The van der Waals surface area contributed by atoms with Gasteiger partial charge < -0.3 is 21.7 Å². The maximum Gasteiger partial charge on any atom is 0.240 e. The van der Waals surface area contributed by atoms with Gasteiger partial charge in [0.25, 0.3) is 0 Å². The van der Waals surface area contributed by atoms with E-state index in [4.69, 9.17) is 5.73 Å². The van der Waals surface area contributed by atoms with E-state index in [-0.39, 0.29) is 19.0 Å². The molecule has 0 radical (unpaired) electrons. The van der Waals surface area contributed by atoms with Gasteiger partial charge in [-0.05, 0) is 13.5 Å². The van der Waals surface area contributed by atoms with Gasteiger partial charge in [-0.2, -0.15) is 0 Å². The highest BCUT2D eigenvalue weighted by molar-refractivity contribution is 5.89. The van der Waals surface area contributed by atoms with Crippen LogP contribution in [0.4, 0.5) is 0 Å². The van der Waals surface area contributed by atoms with E-state index in [0.717, 1.165) is 12.8 Å². The van der Waals surface area contributed by atoms with Gasteiger partial charge in [-0.25, -0.2) is 0 Å². The molecule has 5 N–H and O–H groups in total. The van der Waals surface area contributed by atoms with Crippen LogP contribution in [0.15, 0.2) is 0 Å². The zero-order valence-electron chi connectivity index (χ0n) is 10.9. The van der Waals surface area contributed by atoms with Crippen molar-refractivity contribution < 1.29 is 14.4 Å². The second kappa shape index (κ2) is 9.41. The molecule has 0 aromatic carbocycles.